The second kappa shape index (κ2) is 5.79. The summed E-state index contributed by atoms with van der Waals surface area (Å²) in [6.45, 7) is 1.97. The summed E-state index contributed by atoms with van der Waals surface area (Å²) in [5, 5.41) is 0. The van der Waals surface area contributed by atoms with Crippen molar-refractivity contribution in [2.75, 3.05) is 5.73 Å². The van der Waals surface area contributed by atoms with Gasteiger partial charge in [-0.1, -0.05) is 23.8 Å². The van der Waals surface area contributed by atoms with E-state index in [2.05, 4.69) is 0 Å². The summed E-state index contributed by atoms with van der Waals surface area (Å²) in [4.78, 5) is 0.945. The van der Waals surface area contributed by atoms with E-state index in [-0.39, 0.29) is 17.0 Å². The summed E-state index contributed by atoms with van der Waals surface area (Å²) in [7, 11) is 0. The van der Waals surface area contributed by atoms with Gasteiger partial charge in [0.05, 0.1) is 5.56 Å². The zero-order chi connectivity index (χ0) is 14.8. The lowest BCUT2D eigenvalue weighted by Gasteiger charge is -2.13. The first-order valence-corrected chi connectivity index (χ1v) is 7.00. The van der Waals surface area contributed by atoms with Crippen LogP contribution >= 0.6 is 11.8 Å². The number of hydrogen-bond acceptors (Lipinski definition) is 2. The molecule has 0 saturated heterocycles. The molecule has 1 nitrogen and oxygen atoms in total. The SMILES string of the molecule is Cc1ccc(SCc2ccc(N)cc2C(F)(F)F)cc1. The molecule has 0 aromatic heterocycles. The molecule has 0 aliphatic heterocycles. The van der Waals surface area contributed by atoms with Crippen LogP contribution < -0.4 is 5.73 Å². The number of halogens is 3. The molecule has 2 rings (SSSR count). The average Bonchev–Trinajstić information content (AvgIpc) is 2.38. The largest absolute Gasteiger partial charge is 0.416 e. The summed E-state index contributed by atoms with van der Waals surface area (Å²) in [6, 6.07) is 11.6. The number of nitrogens with two attached hydrogens (primary N) is 1. The van der Waals surface area contributed by atoms with Crippen molar-refractivity contribution in [1.29, 1.82) is 0 Å². The highest BCUT2D eigenvalue weighted by atomic mass is 32.2. The van der Waals surface area contributed by atoms with Gasteiger partial charge in [-0.15, -0.1) is 11.8 Å². The van der Waals surface area contributed by atoms with Crippen LogP contribution in [0.3, 0.4) is 0 Å². The molecule has 0 aliphatic carbocycles. The first-order chi connectivity index (χ1) is 9.36. The van der Waals surface area contributed by atoms with Crippen LogP contribution in [0.5, 0.6) is 0 Å². The molecule has 2 aromatic rings. The third-order valence-corrected chi connectivity index (χ3v) is 3.92. The van der Waals surface area contributed by atoms with Crippen LogP contribution in [0.15, 0.2) is 47.4 Å². The fraction of sp³-hybridized carbons (Fsp3) is 0.200. The van der Waals surface area contributed by atoms with Crippen LogP contribution in [0.1, 0.15) is 16.7 Å². The van der Waals surface area contributed by atoms with Gasteiger partial charge < -0.3 is 5.73 Å². The molecule has 0 atom stereocenters. The van der Waals surface area contributed by atoms with Gasteiger partial charge in [0.25, 0.3) is 0 Å². The molecule has 0 spiro atoms. The van der Waals surface area contributed by atoms with E-state index < -0.39 is 11.7 Å². The number of anilines is 1. The first-order valence-electron chi connectivity index (χ1n) is 6.01. The molecule has 106 valence electrons. The second-order valence-corrected chi connectivity index (χ2v) is 5.56. The van der Waals surface area contributed by atoms with Gasteiger partial charge in [0.15, 0.2) is 0 Å². The monoisotopic (exact) mass is 297 g/mol. The third kappa shape index (κ3) is 3.70. The molecule has 0 unspecified atom stereocenters. The van der Waals surface area contributed by atoms with Crippen LogP contribution in [0.2, 0.25) is 0 Å². The Balaban J connectivity index is 2.19. The van der Waals surface area contributed by atoms with Crippen LogP contribution in [-0.2, 0) is 11.9 Å². The molecule has 0 bridgehead atoms. The van der Waals surface area contributed by atoms with E-state index in [9.17, 15) is 13.2 Å². The molecule has 0 radical (unpaired) electrons. The average molecular weight is 297 g/mol. The maximum Gasteiger partial charge on any atom is 0.416 e. The Hall–Kier alpha value is -1.62. The third-order valence-electron chi connectivity index (χ3n) is 2.85. The Kier molecular flexibility index (Phi) is 4.28. The van der Waals surface area contributed by atoms with Gasteiger partial charge in [-0.25, -0.2) is 0 Å². The van der Waals surface area contributed by atoms with Crippen molar-refractivity contribution in [2.45, 2.75) is 23.7 Å². The number of thioether (sulfide) groups is 1. The van der Waals surface area contributed by atoms with Gasteiger partial charge in [0.1, 0.15) is 0 Å². The highest BCUT2D eigenvalue weighted by molar-refractivity contribution is 7.98. The number of benzene rings is 2. The zero-order valence-corrected chi connectivity index (χ0v) is 11.7. The maximum absolute atomic E-state index is 12.9. The topological polar surface area (TPSA) is 26.0 Å². The number of alkyl halides is 3. The molecule has 2 aromatic carbocycles. The molecule has 0 heterocycles. The Morgan fingerprint density at radius 1 is 1.05 bits per heavy atom. The Morgan fingerprint density at radius 2 is 1.70 bits per heavy atom. The lowest BCUT2D eigenvalue weighted by atomic mass is 10.1. The fourth-order valence-corrected chi connectivity index (χ4v) is 2.68. The van der Waals surface area contributed by atoms with E-state index in [1.54, 1.807) is 0 Å². The van der Waals surface area contributed by atoms with Crippen molar-refractivity contribution < 1.29 is 13.2 Å². The van der Waals surface area contributed by atoms with Crippen molar-refractivity contribution >= 4 is 17.4 Å². The van der Waals surface area contributed by atoms with Crippen LogP contribution in [0, 0.1) is 6.92 Å². The molecule has 2 N–H and O–H groups in total. The van der Waals surface area contributed by atoms with E-state index in [4.69, 9.17) is 5.73 Å². The van der Waals surface area contributed by atoms with E-state index >= 15 is 0 Å². The number of hydrogen-bond donors (Lipinski definition) is 1. The van der Waals surface area contributed by atoms with Crippen LogP contribution in [-0.4, -0.2) is 0 Å². The number of rotatable bonds is 3. The highest BCUT2D eigenvalue weighted by Crippen LogP contribution is 2.36. The highest BCUT2D eigenvalue weighted by Gasteiger charge is 2.33. The molecule has 0 saturated carbocycles. The van der Waals surface area contributed by atoms with Crippen molar-refractivity contribution in [3.63, 3.8) is 0 Å². The lowest BCUT2D eigenvalue weighted by molar-refractivity contribution is -0.138. The quantitative estimate of drug-likeness (QED) is 0.645. The second-order valence-electron chi connectivity index (χ2n) is 4.52. The minimum Gasteiger partial charge on any atom is -0.399 e. The Bertz CT molecular complexity index is 591. The standard InChI is InChI=1S/C15H14F3NS/c1-10-2-6-13(7-3-10)20-9-11-4-5-12(19)8-14(11)15(16,17)18/h2-8H,9,19H2,1H3. The lowest BCUT2D eigenvalue weighted by Crippen LogP contribution is -2.09. The van der Waals surface area contributed by atoms with Crippen LogP contribution in [0.4, 0.5) is 18.9 Å². The van der Waals surface area contributed by atoms with Crippen LogP contribution in [0.25, 0.3) is 0 Å². The smallest absolute Gasteiger partial charge is 0.399 e. The predicted molar refractivity (Wildman–Crippen MR) is 76.6 cm³/mol. The Morgan fingerprint density at radius 3 is 2.30 bits per heavy atom. The summed E-state index contributed by atoms with van der Waals surface area (Å²) in [5.41, 5.74) is 6.28. The molecule has 0 aliphatic rings. The molecular formula is C15H14F3NS. The van der Waals surface area contributed by atoms with E-state index in [1.165, 1.54) is 23.9 Å². The van der Waals surface area contributed by atoms with Gasteiger partial charge in [0, 0.05) is 16.3 Å². The summed E-state index contributed by atoms with van der Waals surface area (Å²) in [5.74, 6) is 0.262. The number of aryl methyl sites for hydroxylation is 1. The predicted octanol–water partition coefficient (Wildman–Crippen LogP) is 4.89. The van der Waals surface area contributed by atoms with Crippen molar-refractivity contribution in [1.82, 2.24) is 0 Å². The summed E-state index contributed by atoms with van der Waals surface area (Å²) >= 11 is 1.38. The van der Waals surface area contributed by atoms with Crippen molar-refractivity contribution in [3.8, 4) is 0 Å². The van der Waals surface area contributed by atoms with E-state index in [0.29, 0.717) is 0 Å². The maximum atomic E-state index is 12.9. The molecule has 0 amide bonds. The van der Waals surface area contributed by atoms with Gasteiger partial charge in [-0.05, 0) is 36.8 Å². The van der Waals surface area contributed by atoms with Crippen molar-refractivity contribution in [2.24, 2.45) is 0 Å². The summed E-state index contributed by atoms with van der Waals surface area (Å²) in [6.07, 6.45) is -4.38. The minimum absolute atomic E-state index is 0.126. The first kappa shape index (κ1) is 14.8. The van der Waals surface area contributed by atoms with E-state index in [0.717, 1.165) is 16.5 Å². The summed E-state index contributed by atoms with van der Waals surface area (Å²) < 4.78 is 38.8. The van der Waals surface area contributed by atoms with E-state index in [1.807, 2.05) is 31.2 Å². The van der Waals surface area contributed by atoms with Gasteiger partial charge in [-0.3, -0.25) is 0 Å². The molecular weight excluding hydrogens is 283 g/mol. The van der Waals surface area contributed by atoms with Crippen molar-refractivity contribution in [3.05, 3.63) is 59.2 Å². The molecule has 20 heavy (non-hydrogen) atoms. The zero-order valence-electron chi connectivity index (χ0n) is 10.9. The molecule has 0 fully saturated rings. The minimum atomic E-state index is -4.38. The number of nitrogen functional groups attached to an aromatic ring is 1. The van der Waals surface area contributed by atoms with Gasteiger partial charge in [-0.2, -0.15) is 13.2 Å². The normalized spacial score (nSPS) is 11.6. The fourth-order valence-electron chi connectivity index (χ4n) is 1.78. The van der Waals surface area contributed by atoms with Gasteiger partial charge >= 0.3 is 6.18 Å². The molecule has 5 heteroatoms. The Labute approximate surface area is 120 Å². The van der Waals surface area contributed by atoms with Gasteiger partial charge in [0.2, 0.25) is 0 Å².